The molecule has 0 saturated heterocycles. The third-order valence-corrected chi connectivity index (χ3v) is 4.76. The van der Waals surface area contributed by atoms with Crippen LogP contribution < -0.4 is 10.1 Å². The van der Waals surface area contributed by atoms with Crippen molar-refractivity contribution in [2.45, 2.75) is 37.2 Å². The molecular weight excluding hydrogens is 443 g/mol. The molecule has 0 radical (unpaired) electrons. The molecular formula is C19H23IN4O2. The number of fused-ring (bicyclic) bond motifs is 1. The SMILES string of the molecule is COc1ccc(C2=Nc3c(C(C)(C)C)nn(C(C)I)c3C(=O)NC2)cc1. The second-order valence-corrected chi connectivity index (χ2v) is 9.09. The fraction of sp³-hybridized carbons (Fsp3) is 0.421. The van der Waals surface area contributed by atoms with Crippen molar-refractivity contribution in [1.29, 1.82) is 0 Å². The maximum Gasteiger partial charge on any atom is 0.272 e. The summed E-state index contributed by atoms with van der Waals surface area (Å²) >= 11 is 2.26. The monoisotopic (exact) mass is 466 g/mol. The lowest BCUT2D eigenvalue weighted by atomic mass is 9.91. The van der Waals surface area contributed by atoms with E-state index >= 15 is 0 Å². The predicted molar refractivity (Wildman–Crippen MR) is 111 cm³/mol. The Kier molecular flexibility index (Phi) is 5.09. The van der Waals surface area contributed by atoms with Gasteiger partial charge in [-0.2, -0.15) is 5.10 Å². The molecule has 7 heteroatoms. The van der Waals surface area contributed by atoms with Crippen LogP contribution in [-0.2, 0) is 5.41 Å². The average molecular weight is 466 g/mol. The second-order valence-electron chi connectivity index (χ2n) is 7.28. The molecule has 0 bridgehead atoms. The van der Waals surface area contributed by atoms with Gasteiger partial charge in [-0.25, -0.2) is 9.67 Å². The molecule has 138 valence electrons. The lowest BCUT2D eigenvalue weighted by Crippen LogP contribution is -2.30. The fourth-order valence-electron chi connectivity index (χ4n) is 2.88. The Bertz CT molecular complexity index is 861. The van der Waals surface area contributed by atoms with Crippen molar-refractivity contribution in [3.8, 4) is 5.75 Å². The Labute approximate surface area is 167 Å². The van der Waals surface area contributed by atoms with E-state index in [0.717, 1.165) is 22.7 Å². The molecule has 0 saturated carbocycles. The zero-order valence-electron chi connectivity index (χ0n) is 15.6. The van der Waals surface area contributed by atoms with E-state index in [2.05, 4.69) is 48.7 Å². The van der Waals surface area contributed by atoms with E-state index in [1.54, 1.807) is 11.8 Å². The van der Waals surface area contributed by atoms with E-state index in [1.165, 1.54) is 0 Å². The van der Waals surface area contributed by atoms with Crippen molar-refractivity contribution in [1.82, 2.24) is 15.1 Å². The van der Waals surface area contributed by atoms with Gasteiger partial charge in [0.15, 0.2) is 5.69 Å². The number of methoxy groups -OCH3 is 1. The molecule has 1 aliphatic heterocycles. The van der Waals surface area contributed by atoms with Gasteiger partial charge in [-0.1, -0.05) is 43.4 Å². The number of nitrogens with one attached hydrogen (secondary N) is 1. The van der Waals surface area contributed by atoms with Crippen LogP contribution in [0.1, 0.15) is 53.5 Å². The minimum Gasteiger partial charge on any atom is -0.497 e. The number of rotatable bonds is 3. The van der Waals surface area contributed by atoms with E-state index < -0.39 is 0 Å². The van der Waals surface area contributed by atoms with Crippen molar-refractivity contribution in [2.75, 3.05) is 13.7 Å². The molecule has 1 amide bonds. The fourth-order valence-corrected chi connectivity index (χ4v) is 3.28. The molecule has 1 aromatic heterocycles. The number of amides is 1. The third-order valence-electron chi connectivity index (χ3n) is 4.23. The Hall–Kier alpha value is -1.90. The molecule has 1 unspecified atom stereocenters. The summed E-state index contributed by atoms with van der Waals surface area (Å²) in [5.41, 5.74) is 3.57. The minimum absolute atomic E-state index is 0.0425. The highest BCUT2D eigenvalue weighted by atomic mass is 127. The number of carbonyl (C=O) groups excluding carboxylic acids is 1. The van der Waals surface area contributed by atoms with Crippen LogP contribution in [0, 0.1) is 0 Å². The summed E-state index contributed by atoms with van der Waals surface area (Å²) in [4.78, 5) is 17.7. The van der Waals surface area contributed by atoms with Crippen molar-refractivity contribution in [3.05, 3.63) is 41.2 Å². The molecule has 0 fully saturated rings. The van der Waals surface area contributed by atoms with E-state index in [9.17, 15) is 4.79 Å². The Balaban J connectivity index is 2.19. The lowest BCUT2D eigenvalue weighted by Gasteiger charge is -2.16. The predicted octanol–water partition coefficient (Wildman–Crippen LogP) is 4.01. The van der Waals surface area contributed by atoms with Crippen molar-refractivity contribution >= 4 is 39.9 Å². The standard InChI is InChI=1S/C19H23IN4O2/c1-11(20)24-16-15(17(23-24)19(2,3)4)22-14(10-21-18(16)25)12-6-8-13(26-5)9-7-12/h6-9,11H,10H2,1-5H3,(H,21,25). The molecule has 1 aliphatic rings. The quantitative estimate of drug-likeness (QED) is 0.549. The Morgan fingerprint density at radius 2 is 1.92 bits per heavy atom. The zero-order chi connectivity index (χ0) is 19.1. The van der Waals surface area contributed by atoms with Gasteiger partial charge in [-0.3, -0.25) is 4.79 Å². The van der Waals surface area contributed by atoms with Gasteiger partial charge in [-0.15, -0.1) is 0 Å². The third kappa shape index (κ3) is 3.49. The molecule has 2 heterocycles. The van der Waals surface area contributed by atoms with Crippen LogP contribution in [0.3, 0.4) is 0 Å². The number of aliphatic imine (C=N–C) groups is 1. The molecule has 0 aliphatic carbocycles. The van der Waals surface area contributed by atoms with E-state index in [0.29, 0.717) is 17.9 Å². The molecule has 0 spiro atoms. The van der Waals surface area contributed by atoms with Gasteiger partial charge in [0.1, 0.15) is 15.5 Å². The van der Waals surface area contributed by atoms with Crippen LogP contribution in [0.5, 0.6) is 5.75 Å². The molecule has 26 heavy (non-hydrogen) atoms. The number of ether oxygens (including phenoxy) is 1. The van der Waals surface area contributed by atoms with Crippen LogP contribution >= 0.6 is 22.6 Å². The first-order chi connectivity index (χ1) is 12.2. The molecule has 3 rings (SSSR count). The average Bonchev–Trinajstić information content (AvgIpc) is 2.90. The molecule has 1 N–H and O–H groups in total. The summed E-state index contributed by atoms with van der Waals surface area (Å²) in [5, 5.41) is 7.70. The number of hydrogen-bond acceptors (Lipinski definition) is 4. The van der Waals surface area contributed by atoms with Crippen molar-refractivity contribution < 1.29 is 9.53 Å². The van der Waals surface area contributed by atoms with Gasteiger partial charge in [0.25, 0.3) is 5.91 Å². The van der Waals surface area contributed by atoms with Gasteiger partial charge in [-0.05, 0) is 36.8 Å². The van der Waals surface area contributed by atoms with Gasteiger partial charge in [0, 0.05) is 5.41 Å². The summed E-state index contributed by atoms with van der Waals surface area (Å²) in [6, 6.07) is 7.70. The zero-order valence-corrected chi connectivity index (χ0v) is 17.8. The van der Waals surface area contributed by atoms with Crippen LogP contribution in [0.25, 0.3) is 0 Å². The van der Waals surface area contributed by atoms with Gasteiger partial charge < -0.3 is 10.1 Å². The Morgan fingerprint density at radius 1 is 1.27 bits per heavy atom. The molecule has 2 aromatic rings. The smallest absolute Gasteiger partial charge is 0.272 e. The number of aromatic nitrogens is 2. The normalized spacial score (nSPS) is 15.6. The van der Waals surface area contributed by atoms with Crippen LogP contribution in [0.4, 0.5) is 5.69 Å². The highest BCUT2D eigenvalue weighted by molar-refractivity contribution is 14.1. The topological polar surface area (TPSA) is 68.5 Å². The molecule has 1 aromatic carbocycles. The first-order valence-corrected chi connectivity index (χ1v) is 9.74. The number of benzene rings is 1. The van der Waals surface area contributed by atoms with E-state index in [4.69, 9.17) is 14.8 Å². The van der Waals surface area contributed by atoms with E-state index in [1.807, 2.05) is 31.2 Å². The summed E-state index contributed by atoms with van der Waals surface area (Å²) in [5.74, 6) is 0.647. The summed E-state index contributed by atoms with van der Waals surface area (Å²) in [6.07, 6.45) is 0. The lowest BCUT2D eigenvalue weighted by molar-refractivity contribution is 0.0950. The first kappa shape index (κ1) is 18.9. The molecule has 1 atom stereocenters. The second kappa shape index (κ2) is 7.02. The van der Waals surface area contributed by atoms with Crippen LogP contribution in [-0.4, -0.2) is 35.1 Å². The van der Waals surface area contributed by atoms with Crippen LogP contribution in [0.15, 0.2) is 29.3 Å². The Morgan fingerprint density at radius 3 is 2.46 bits per heavy atom. The van der Waals surface area contributed by atoms with E-state index in [-0.39, 0.29) is 15.4 Å². The molecule has 6 nitrogen and oxygen atoms in total. The number of carbonyl (C=O) groups is 1. The maximum atomic E-state index is 12.8. The number of hydrogen-bond donors (Lipinski definition) is 1. The minimum atomic E-state index is -0.222. The first-order valence-electron chi connectivity index (χ1n) is 8.49. The highest BCUT2D eigenvalue weighted by Crippen LogP contribution is 2.37. The van der Waals surface area contributed by atoms with Crippen LogP contribution in [0.2, 0.25) is 0 Å². The van der Waals surface area contributed by atoms with Gasteiger partial charge in [0.2, 0.25) is 0 Å². The van der Waals surface area contributed by atoms with Crippen molar-refractivity contribution in [3.63, 3.8) is 0 Å². The maximum absolute atomic E-state index is 12.8. The number of halogens is 1. The van der Waals surface area contributed by atoms with Gasteiger partial charge >= 0.3 is 0 Å². The number of nitrogens with zero attached hydrogens (tertiary/aromatic N) is 3. The number of alkyl halides is 1. The van der Waals surface area contributed by atoms with Gasteiger partial charge in [0.05, 0.1) is 25.1 Å². The largest absolute Gasteiger partial charge is 0.497 e. The summed E-state index contributed by atoms with van der Waals surface area (Å²) in [6.45, 7) is 8.64. The summed E-state index contributed by atoms with van der Waals surface area (Å²) in [7, 11) is 1.64. The van der Waals surface area contributed by atoms with Crippen molar-refractivity contribution in [2.24, 2.45) is 4.99 Å². The summed E-state index contributed by atoms with van der Waals surface area (Å²) < 4.78 is 7.04. The highest BCUT2D eigenvalue weighted by Gasteiger charge is 2.33.